The third kappa shape index (κ3) is 5.98. The number of hydrogen-bond acceptors (Lipinski definition) is 6. The standard InChI is InChI=1S/C21H21NO6/c1-3-27-17-10-6-4-8-15(17)12-13-20(24)28-14-19(23)22-21(25)16-9-5-7-11-18(16)26-2/h4-13H,3,14H2,1-2H3,(H,22,23,25)/b13-12+. The number of rotatable bonds is 8. The molecule has 0 aliphatic heterocycles. The molecule has 0 aliphatic carbocycles. The van der Waals surface area contributed by atoms with Crippen LogP contribution in [-0.4, -0.2) is 38.1 Å². The number of methoxy groups -OCH3 is 1. The molecule has 2 rings (SSSR count). The average Bonchev–Trinajstić information content (AvgIpc) is 2.71. The molecule has 0 aromatic heterocycles. The maximum absolute atomic E-state index is 12.1. The van der Waals surface area contributed by atoms with Gasteiger partial charge in [0.15, 0.2) is 6.61 Å². The minimum Gasteiger partial charge on any atom is -0.496 e. The normalized spacial score (nSPS) is 10.4. The van der Waals surface area contributed by atoms with Crippen LogP contribution < -0.4 is 14.8 Å². The molecular weight excluding hydrogens is 362 g/mol. The van der Waals surface area contributed by atoms with E-state index in [9.17, 15) is 14.4 Å². The Morgan fingerprint density at radius 2 is 1.68 bits per heavy atom. The summed E-state index contributed by atoms with van der Waals surface area (Å²) in [5.74, 6) is -1.13. The second kappa shape index (κ2) is 10.5. The predicted octanol–water partition coefficient (Wildman–Crippen LogP) is 2.61. The molecule has 7 nitrogen and oxygen atoms in total. The quantitative estimate of drug-likeness (QED) is 0.557. The van der Waals surface area contributed by atoms with E-state index >= 15 is 0 Å². The van der Waals surface area contributed by atoms with Crippen LogP contribution in [0.2, 0.25) is 0 Å². The summed E-state index contributed by atoms with van der Waals surface area (Å²) in [6.07, 6.45) is 2.72. The molecule has 7 heteroatoms. The summed E-state index contributed by atoms with van der Waals surface area (Å²) in [5.41, 5.74) is 0.911. The molecule has 1 N–H and O–H groups in total. The van der Waals surface area contributed by atoms with Gasteiger partial charge in [0.2, 0.25) is 0 Å². The van der Waals surface area contributed by atoms with Crippen molar-refractivity contribution in [3.05, 3.63) is 65.7 Å². The van der Waals surface area contributed by atoms with Gasteiger partial charge in [-0.2, -0.15) is 0 Å². The van der Waals surface area contributed by atoms with Crippen molar-refractivity contribution in [2.75, 3.05) is 20.3 Å². The van der Waals surface area contributed by atoms with Gasteiger partial charge in [0.05, 0.1) is 19.3 Å². The molecule has 0 spiro atoms. The highest BCUT2D eigenvalue weighted by Crippen LogP contribution is 2.19. The Morgan fingerprint density at radius 3 is 2.39 bits per heavy atom. The molecular formula is C21H21NO6. The SMILES string of the molecule is CCOc1ccccc1/C=C/C(=O)OCC(=O)NC(=O)c1ccccc1OC. The zero-order valence-corrected chi connectivity index (χ0v) is 15.6. The lowest BCUT2D eigenvalue weighted by atomic mass is 10.2. The van der Waals surface area contributed by atoms with E-state index in [0.29, 0.717) is 23.7 Å². The van der Waals surface area contributed by atoms with Crippen molar-refractivity contribution in [3.8, 4) is 11.5 Å². The minimum atomic E-state index is -0.743. The minimum absolute atomic E-state index is 0.206. The fraction of sp³-hybridized carbons (Fsp3) is 0.190. The first-order valence-corrected chi connectivity index (χ1v) is 8.59. The Bertz CT molecular complexity index is 875. The molecule has 0 fully saturated rings. The van der Waals surface area contributed by atoms with E-state index in [1.54, 1.807) is 30.3 Å². The zero-order valence-electron chi connectivity index (χ0n) is 15.6. The van der Waals surface area contributed by atoms with Crippen molar-refractivity contribution < 1.29 is 28.6 Å². The van der Waals surface area contributed by atoms with Crippen LogP contribution in [0.3, 0.4) is 0 Å². The van der Waals surface area contributed by atoms with E-state index in [2.05, 4.69) is 5.32 Å². The van der Waals surface area contributed by atoms with Gasteiger partial charge in [0.25, 0.3) is 11.8 Å². The van der Waals surface area contributed by atoms with Gasteiger partial charge < -0.3 is 14.2 Å². The van der Waals surface area contributed by atoms with Crippen molar-refractivity contribution in [2.45, 2.75) is 6.92 Å². The molecule has 0 unspecified atom stereocenters. The lowest BCUT2D eigenvalue weighted by Gasteiger charge is -2.08. The molecule has 2 aromatic rings. The molecule has 0 radical (unpaired) electrons. The number of imide groups is 1. The Labute approximate surface area is 162 Å². The molecule has 0 aliphatic rings. The smallest absolute Gasteiger partial charge is 0.331 e. The highest BCUT2D eigenvalue weighted by molar-refractivity contribution is 6.06. The summed E-state index contributed by atoms with van der Waals surface area (Å²) in [6.45, 7) is 1.77. The summed E-state index contributed by atoms with van der Waals surface area (Å²) in [7, 11) is 1.42. The van der Waals surface area contributed by atoms with Gasteiger partial charge in [-0.1, -0.05) is 30.3 Å². The summed E-state index contributed by atoms with van der Waals surface area (Å²) >= 11 is 0. The van der Waals surface area contributed by atoms with Crippen molar-refractivity contribution >= 4 is 23.9 Å². The first-order valence-electron chi connectivity index (χ1n) is 8.59. The summed E-state index contributed by atoms with van der Waals surface area (Å²) in [4.78, 5) is 35.8. The topological polar surface area (TPSA) is 90.9 Å². The number of amides is 2. The van der Waals surface area contributed by atoms with Crippen LogP contribution >= 0.6 is 0 Å². The molecule has 0 atom stereocenters. The van der Waals surface area contributed by atoms with Crippen LogP contribution in [0.15, 0.2) is 54.6 Å². The van der Waals surface area contributed by atoms with Crippen molar-refractivity contribution in [3.63, 3.8) is 0 Å². The Morgan fingerprint density at radius 1 is 1.00 bits per heavy atom. The van der Waals surface area contributed by atoms with E-state index < -0.39 is 24.4 Å². The Hall–Kier alpha value is -3.61. The molecule has 146 valence electrons. The number of ether oxygens (including phenoxy) is 3. The molecule has 2 amide bonds. The average molecular weight is 383 g/mol. The van der Waals surface area contributed by atoms with E-state index in [1.807, 2.05) is 19.1 Å². The fourth-order valence-corrected chi connectivity index (χ4v) is 2.31. The van der Waals surface area contributed by atoms with E-state index in [4.69, 9.17) is 14.2 Å². The van der Waals surface area contributed by atoms with Gasteiger partial charge in [-0.25, -0.2) is 4.79 Å². The van der Waals surface area contributed by atoms with Crippen LogP contribution in [-0.2, 0) is 14.3 Å². The molecule has 28 heavy (non-hydrogen) atoms. The number of carbonyl (C=O) groups excluding carboxylic acids is 3. The summed E-state index contributed by atoms with van der Waals surface area (Å²) in [5, 5.41) is 2.15. The lowest BCUT2D eigenvalue weighted by molar-refractivity contribution is -0.143. The molecule has 0 heterocycles. The highest BCUT2D eigenvalue weighted by Gasteiger charge is 2.15. The van der Waals surface area contributed by atoms with Gasteiger partial charge in [-0.15, -0.1) is 0 Å². The number of nitrogens with one attached hydrogen (secondary N) is 1. The van der Waals surface area contributed by atoms with Crippen LogP contribution in [0.25, 0.3) is 6.08 Å². The second-order valence-corrected chi connectivity index (χ2v) is 5.49. The van der Waals surface area contributed by atoms with Crippen LogP contribution in [0.1, 0.15) is 22.8 Å². The predicted molar refractivity (Wildman–Crippen MR) is 103 cm³/mol. The number of benzene rings is 2. The highest BCUT2D eigenvalue weighted by atomic mass is 16.5. The first kappa shape index (κ1) is 20.7. The van der Waals surface area contributed by atoms with Crippen LogP contribution in [0.5, 0.6) is 11.5 Å². The second-order valence-electron chi connectivity index (χ2n) is 5.49. The molecule has 0 saturated carbocycles. The maximum atomic E-state index is 12.1. The Kier molecular flexibility index (Phi) is 7.77. The third-order valence-electron chi connectivity index (χ3n) is 3.57. The van der Waals surface area contributed by atoms with E-state index in [1.165, 1.54) is 25.3 Å². The molecule has 2 aromatic carbocycles. The fourth-order valence-electron chi connectivity index (χ4n) is 2.31. The molecule has 0 saturated heterocycles. The van der Waals surface area contributed by atoms with Gasteiger partial charge >= 0.3 is 5.97 Å². The first-order chi connectivity index (χ1) is 13.5. The van der Waals surface area contributed by atoms with Crippen molar-refractivity contribution in [2.24, 2.45) is 0 Å². The van der Waals surface area contributed by atoms with Gasteiger partial charge in [0.1, 0.15) is 11.5 Å². The maximum Gasteiger partial charge on any atom is 0.331 e. The van der Waals surface area contributed by atoms with Gasteiger partial charge in [0, 0.05) is 11.6 Å². The Balaban J connectivity index is 1.87. The van der Waals surface area contributed by atoms with Gasteiger partial charge in [-0.3, -0.25) is 14.9 Å². The van der Waals surface area contributed by atoms with Gasteiger partial charge in [-0.05, 0) is 31.2 Å². The zero-order chi connectivity index (χ0) is 20.4. The van der Waals surface area contributed by atoms with Crippen molar-refractivity contribution in [1.29, 1.82) is 0 Å². The summed E-state index contributed by atoms with van der Waals surface area (Å²) in [6, 6.07) is 13.7. The number of para-hydroxylation sites is 2. The summed E-state index contributed by atoms with van der Waals surface area (Å²) < 4.78 is 15.4. The van der Waals surface area contributed by atoms with E-state index in [0.717, 1.165) is 0 Å². The van der Waals surface area contributed by atoms with E-state index in [-0.39, 0.29) is 5.56 Å². The third-order valence-corrected chi connectivity index (χ3v) is 3.57. The number of carbonyl (C=O) groups is 3. The molecule has 0 bridgehead atoms. The van der Waals surface area contributed by atoms with Crippen molar-refractivity contribution in [1.82, 2.24) is 5.32 Å². The van der Waals surface area contributed by atoms with Crippen LogP contribution in [0.4, 0.5) is 0 Å². The number of esters is 1. The van der Waals surface area contributed by atoms with Crippen LogP contribution in [0, 0.1) is 0 Å². The lowest BCUT2D eigenvalue weighted by Crippen LogP contribution is -2.34. The monoisotopic (exact) mass is 383 g/mol. The number of hydrogen-bond donors (Lipinski definition) is 1. The largest absolute Gasteiger partial charge is 0.496 e.